The molecular weight excluding hydrogens is 436 g/mol. The maximum atomic E-state index is 12.4. The van der Waals surface area contributed by atoms with Crippen LogP contribution in [0, 0.1) is 0 Å². The fourth-order valence-corrected chi connectivity index (χ4v) is 2.56. The number of hydrogen-bond donors (Lipinski definition) is 9. The first-order chi connectivity index (χ1) is 14.6. The van der Waals surface area contributed by atoms with E-state index in [1.807, 2.05) is 5.32 Å². The summed E-state index contributed by atoms with van der Waals surface area (Å²) in [6.07, 6.45) is 2.03. The van der Waals surface area contributed by atoms with Gasteiger partial charge in [-0.3, -0.25) is 19.2 Å². The van der Waals surface area contributed by atoms with Crippen molar-refractivity contribution < 1.29 is 39.3 Å². The zero-order chi connectivity index (χ0) is 23.6. The van der Waals surface area contributed by atoms with Gasteiger partial charge in [-0.15, -0.1) is 0 Å². The summed E-state index contributed by atoms with van der Waals surface area (Å²) >= 11 is 3.78. The Morgan fingerprint density at radius 2 is 1.61 bits per heavy atom. The predicted molar refractivity (Wildman–Crippen MR) is 107 cm³/mol. The molecule has 0 spiro atoms. The van der Waals surface area contributed by atoms with E-state index in [1.54, 1.807) is 0 Å². The number of nitrogens with one attached hydrogen (secondary N) is 4. The number of nitrogens with two attached hydrogens (primary N) is 1. The van der Waals surface area contributed by atoms with Crippen molar-refractivity contribution in [1.82, 2.24) is 25.9 Å². The second kappa shape index (κ2) is 12.5. The van der Waals surface area contributed by atoms with Crippen LogP contribution in [0.5, 0.6) is 0 Å². The lowest BCUT2D eigenvalue weighted by molar-refractivity contribution is -0.143. The average Bonchev–Trinajstić information content (AvgIpc) is 3.21. The van der Waals surface area contributed by atoms with Crippen molar-refractivity contribution in [3.05, 3.63) is 18.2 Å². The van der Waals surface area contributed by atoms with Gasteiger partial charge in [0.1, 0.15) is 18.1 Å². The minimum atomic E-state index is -1.67. The van der Waals surface area contributed by atoms with Crippen LogP contribution in [-0.2, 0) is 30.4 Å². The summed E-state index contributed by atoms with van der Waals surface area (Å²) in [6.45, 7) is -0.871. The van der Waals surface area contributed by atoms with Crippen LogP contribution >= 0.6 is 12.6 Å². The van der Waals surface area contributed by atoms with E-state index < -0.39 is 66.9 Å². The molecule has 9 N–H and O–H groups in total. The predicted octanol–water partition coefficient (Wildman–Crippen LogP) is -3.78. The molecule has 0 bridgehead atoms. The van der Waals surface area contributed by atoms with E-state index in [2.05, 4.69) is 33.2 Å². The number of imidazole rings is 1. The molecule has 0 radical (unpaired) electrons. The van der Waals surface area contributed by atoms with Gasteiger partial charge in [-0.1, -0.05) is 0 Å². The molecule has 3 amide bonds. The fraction of sp³-hybridized carbons (Fsp3) is 0.500. The molecule has 31 heavy (non-hydrogen) atoms. The minimum Gasteiger partial charge on any atom is -0.481 e. The minimum absolute atomic E-state index is 0.0654. The summed E-state index contributed by atoms with van der Waals surface area (Å²) in [5, 5.41) is 33.7. The van der Waals surface area contributed by atoms with Gasteiger partial charge in [0.05, 0.1) is 25.4 Å². The van der Waals surface area contributed by atoms with Gasteiger partial charge in [0, 0.05) is 24.1 Å². The molecular formula is C16H24N6O8S. The van der Waals surface area contributed by atoms with Gasteiger partial charge in [-0.2, -0.15) is 12.6 Å². The van der Waals surface area contributed by atoms with Crippen LogP contribution in [0.4, 0.5) is 0 Å². The number of carbonyl (C=O) groups excluding carboxylic acids is 3. The Bertz CT molecular complexity index is 789. The van der Waals surface area contributed by atoms with E-state index >= 15 is 0 Å². The van der Waals surface area contributed by atoms with Gasteiger partial charge in [0.15, 0.2) is 0 Å². The second-order valence-electron chi connectivity index (χ2n) is 6.37. The van der Waals surface area contributed by atoms with Gasteiger partial charge in [0.25, 0.3) is 0 Å². The van der Waals surface area contributed by atoms with Crippen LogP contribution in [0.1, 0.15) is 12.1 Å². The third-order valence-corrected chi connectivity index (χ3v) is 4.32. The quantitative estimate of drug-likeness (QED) is 0.130. The Hall–Kier alpha value is -3.17. The fourth-order valence-electron chi connectivity index (χ4n) is 2.31. The molecule has 14 nitrogen and oxygen atoms in total. The number of aromatic nitrogens is 2. The normalized spacial score (nSPS) is 14.5. The summed E-state index contributed by atoms with van der Waals surface area (Å²) in [5.41, 5.74) is 6.31. The highest BCUT2D eigenvalue weighted by molar-refractivity contribution is 7.80. The number of aliphatic carboxylic acids is 2. The van der Waals surface area contributed by atoms with Crippen molar-refractivity contribution in [2.45, 2.75) is 37.0 Å². The van der Waals surface area contributed by atoms with Gasteiger partial charge in [0.2, 0.25) is 17.7 Å². The van der Waals surface area contributed by atoms with Crippen LogP contribution in [0.25, 0.3) is 0 Å². The van der Waals surface area contributed by atoms with Gasteiger partial charge in [-0.25, -0.2) is 9.78 Å². The van der Waals surface area contributed by atoms with Crippen LogP contribution < -0.4 is 21.7 Å². The van der Waals surface area contributed by atoms with E-state index in [0.29, 0.717) is 5.69 Å². The number of H-pyrrole nitrogens is 1. The first-order valence-electron chi connectivity index (χ1n) is 8.89. The molecule has 0 saturated heterocycles. The van der Waals surface area contributed by atoms with Crippen molar-refractivity contribution >= 4 is 42.3 Å². The van der Waals surface area contributed by atoms with Gasteiger partial charge >= 0.3 is 11.9 Å². The molecule has 0 saturated carbocycles. The summed E-state index contributed by atoms with van der Waals surface area (Å²) in [5.74, 6) is -6.08. The zero-order valence-corrected chi connectivity index (χ0v) is 17.0. The third-order valence-electron chi connectivity index (χ3n) is 3.96. The Balaban J connectivity index is 2.79. The maximum absolute atomic E-state index is 12.4. The monoisotopic (exact) mass is 460 g/mol. The lowest BCUT2D eigenvalue weighted by atomic mass is 10.1. The highest BCUT2D eigenvalue weighted by atomic mass is 32.1. The molecule has 0 aliphatic heterocycles. The topological polar surface area (TPSA) is 237 Å². The van der Waals surface area contributed by atoms with Crippen LogP contribution in [-0.4, -0.2) is 91.5 Å². The number of rotatable bonds is 13. The molecule has 1 rings (SSSR count). The number of carboxylic acid groups (broad SMARTS) is 2. The SMILES string of the molecule is NC(Cc1cnc[nH]1)C(=O)NC(CO)C(=O)NC(CC(=O)O)C(=O)NC(CS)C(=O)O. The van der Waals surface area contributed by atoms with E-state index in [1.165, 1.54) is 12.5 Å². The summed E-state index contributed by atoms with van der Waals surface area (Å²) in [7, 11) is 0. The molecule has 0 aliphatic carbocycles. The molecule has 15 heteroatoms. The highest BCUT2D eigenvalue weighted by Gasteiger charge is 2.31. The van der Waals surface area contributed by atoms with Crippen molar-refractivity contribution in [3.8, 4) is 0 Å². The average molecular weight is 460 g/mol. The Labute approximate surface area is 181 Å². The largest absolute Gasteiger partial charge is 0.481 e. The van der Waals surface area contributed by atoms with E-state index in [4.69, 9.17) is 15.9 Å². The Morgan fingerprint density at radius 3 is 2.10 bits per heavy atom. The first kappa shape index (κ1) is 25.9. The van der Waals surface area contributed by atoms with Crippen LogP contribution in [0.3, 0.4) is 0 Å². The maximum Gasteiger partial charge on any atom is 0.327 e. The van der Waals surface area contributed by atoms with Crippen LogP contribution in [0.15, 0.2) is 12.5 Å². The number of aliphatic hydroxyl groups excluding tert-OH is 1. The number of thiol groups is 1. The number of hydrogen-bond acceptors (Lipinski definition) is 9. The Kier molecular flexibility index (Phi) is 10.4. The summed E-state index contributed by atoms with van der Waals surface area (Å²) in [4.78, 5) is 65.4. The lowest BCUT2D eigenvalue weighted by Crippen LogP contribution is -2.58. The molecule has 0 aromatic carbocycles. The third kappa shape index (κ3) is 8.61. The zero-order valence-electron chi connectivity index (χ0n) is 16.1. The number of nitrogens with zero attached hydrogens (tertiary/aromatic N) is 1. The van der Waals surface area contributed by atoms with E-state index in [-0.39, 0.29) is 12.2 Å². The van der Waals surface area contributed by atoms with E-state index in [9.17, 15) is 29.1 Å². The Morgan fingerprint density at radius 1 is 1.03 bits per heavy atom. The molecule has 1 heterocycles. The van der Waals surface area contributed by atoms with Crippen LogP contribution in [0.2, 0.25) is 0 Å². The first-order valence-corrected chi connectivity index (χ1v) is 9.52. The summed E-state index contributed by atoms with van der Waals surface area (Å²) < 4.78 is 0. The van der Waals surface area contributed by atoms with Crippen molar-refractivity contribution in [2.24, 2.45) is 5.73 Å². The molecule has 172 valence electrons. The molecule has 1 aromatic heterocycles. The standard InChI is InChI=1S/C16H24N6O8S/c17-8(1-7-3-18-6-19-7)13(26)21-10(4-23)15(28)20-9(2-12(24)25)14(27)22-11(5-31)16(29)30/h3,6,8-11,23,31H,1-2,4-5,17H2,(H,18,19)(H,20,28)(H,21,26)(H,22,27)(H,24,25)(H,29,30). The van der Waals surface area contributed by atoms with Gasteiger partial charge in [-0.05, 0) is 0 Å². The molecule has 1 aromatic rings. The van der Waals surface area contributed by atoms with Gasteiger partial charge < -0.3 is 42.0 Å². The molecule has 4 unspecified atom stereocenters. The molecule has 0 fully saturated rings. The number of amides is 3. The van der Waals surface area contributed by atoms with Crippen molar-refractivity contribution in [1.29, 1.82) is 0 Å². The second-order valence-corrected chi connectivity index (χ2v) is 6.74. The number of carbonyl (C=O) groups is 5. The molecule has 4 atom stereocenters. The lowest BCUT2D eigenvalue weighted by Gasteiger charge is -2.23. The number of aliphatic hydroxyl groups is 1. The van der Waals surface area contributed by atoms with Crippen molar-refractivity contribution in [3.63, 3.8) is 0 Å². The summed E-state index contributed by atoms with van der Waals surface area (Å²) in [6, 6.07) is -5.72. The smallest absolute Gasteiger partial charge is 0.327 e. The number of aromatic amines is 1. The highest BCUT2D eigenvalue weighted by Crippen LogP contribution is 2.00. The van der Waals surface area contributed by atoms with E-state index in [0.717, 1.165) is 0 Å². The van der Waals surface area contributed by atoms with Crippen molar-refractivity contribution in [2.75, 3.05) is 12.4 Å². The number of carboxylic acids is 2. The molecule has 0 aliphatic rings.